The maximum absolute atomic E-state index is 10.2. The molecule has 2 rings (SSSR count). The molecular formula is C14H20O3. The summed E-state index contributed by atoms with van der Waals surface area (Å²) < 4.78 is 11.1. The Kier molecular flexibility index (Phi) is 3.29. The SMILES string of the molecule is COc1cc2c(cc1C(O)C(C)C)OC(C)C2. The average molecular weight is 236 g/mol. The Morgan fingerprint density at radius 1 is 1.41 bits per heavy atom. The summed E-state index contributed by atoms with van der Waals surface area (Å²) in [4.78, 5) is 0. The molecule has 94 valence electrons. The minimum absolute atomic E-state index is 0.153. The van der Waals surface area contributed by atoms with Crippen LogP contribution in [0, 0.1) is 5.92 Å². The monoisotopic (exact) mass is 236 g/mol. The van der Waals surface area contributed by atoms with Crippen LogP contribution < -0.4 is 9.47 Å². The minimum atomic E-state index is -0.519. The Morgan fingerprint density at radius 2 is 2.12 bits per heavy atom. The van der Waals surface area contributed by atoms with Crippen LogP contribution in [0.15, 0.2) is 12.1 Å². The molecule has 0 spiro atoms. The van der Waals surface area contributed by atoms with Crippen molar-refractivity contribution >= 4 is 0 Å². The van der Waals surface area contributed by atoms with Gasteiger partial charge in [0.15, 0.2) is 0 Å². The highest BCUT2D eigenvalue weighted by atomic mass is 16.5. The molecule has 1 aromatic carbocycles. The quantitative estimate of drug-likeness (QED) is 0.877. The number of rotatable bonds is 3. The van der Waals surface area contributed by atoms with Crippen LogP contribution in [0.4, 0.5) is 0 Å². The van der Waals surface area contributed by atoms with Crippen LogP contribution in [0.1, 0.15) is 38.0 Å². The van der Waals surface area contributed by atoms with Gasteiger partial charge in [-0.1, -0.05) is 13.8 Å². The topological polar surface area (TPSA) is 38.7 Å². The molecule has 1 aliphatic heterocycles. The lowest BCUT2D eigenvalue weighted by molar-refractivity contribution is 0.123. The number of hydrogen-bond donors (Lipinski definition) is 1. The van der Waals surface area contributed by atoms with Crippen molar-refractivity contribution in [2.75, 3.05) is 7.11 Å². The third-order valence-corrected chi connectivity index (χ3v) is 3.20. The van der Waals surface area contributed by atoms with E-state index < -0.39 is 6.10 Å². The highest BCUT2D eigenvalue weighted by Crippen LogP contribution is 2.39. The molecule has 0 saturated carbocycles. The van der Waals surface area contributed by atoms with Gasteiger partial charge >= 0.3 is 0 Å². The first-order chi connectivity index (χ1) is 8.02. The Hall–Kier alpha value is -1.22. The van der Waals surface area contributed by atoms with Gasteiger partial charge in [-0.15, -0.1) is 0 Å². The van der Waals surface area contributed by atoms with Gasteiger partial charge in [0.25, 0.3) is 0 Å². The van der Waals surface area contributed by atoms with E-state index in [-0.39, 0.29) is 12.0 Å². The molecule has 17 heavy (non-hydrogen) atoms. The van der Waals surface area contributed by atoms with Crippen LogP contribution in [0.2, 0.25) is 0 Å². The molecule has 0 bridgehead atoms. The zero-order valence-corrected chi connectivity index (χ0v) is 10.9. The molecule has 3 heteroatoms. The van der Waals surface area contributed by atoms with Crippen molar-refractivity contribution in [3.63, 3.8) is 0 Å². The molecule has 0 aliphatic carbocycles. The minimum Gasteiger partial charge on any atom is -0.496 e. The predicted molar refractivity (Wildman–Crippen MR) is 66.6 cm³/mol. The zero-order chi connectivity index (χ0) is 12.6. The molecule has 1 heterocycles. The Bertz CT molecular complexity index is 412. The van der Waals surface area contributed by atoms with Crippen LogP contribution in [0.3, 0.4) is 0 Å². The molecular weight excluding hydrogens is 216 g/mol. The van der Waals surface area contributed by atoms with E-state index in [9.17, 15) is 5.11 Å². The molecule has 2 atom stereocenters. The van der Waals surface area contributed by atoms with Gasteiger partial charge in [0.05, 0.1) is 13.2 Å². The predicted octanol–water partition coefficient (Wildman–Crippen LogP) is 2.71. The number of fused-ring (bicyclic) bond motifs is 1. The molecule has 1 N–H and O–H groups in total. The highest BCUT2D eigenvalue weighted by molar-refractivity contribution is 5.49. The number of methoxy groups -OCH3 is 1. The van der Waals surface area contributed by atoms with Crippen molar-refractivity contribution in [1.29, 1.82) is 0 Å². The van der Waals surface area contributed by atoms with E-state index in [1.807, 2.05) is 32.9 Å². The van der Waals surface area contributed by atoms with Gasteiger partial charge in [-0.3, -0.25) is 0 Å². The van der Waals surface area contributed by atoms with Gasteiger partial charge < -0.3 is 14.6 Å². The van der Waals surface area contributed by atoms with Crippen molar-refractivity contribution in [3.05, 3.63) is 23.3 Å². The van der Waals surface area contributed by atoms with E-state index in [4.69, 9.17) is 9.47 Å². The zero-order valence-electron chi connectivity index (χ0n) is 10.9. The Balaban J connectivity index is 2.42. The van der Waals surface area contributed by atoms with Crippen LogP contribution in [-0.2, 0) is 6.42 Å². The number of aliphatic hydroxyl groups is 1. The van der Waals surface area contributed by atoms with Crippen LogP contribution in [0.25, 0.3) is 0 Å². The maximum Gasteiger partial charge on any atom is 0.125 e. The summed E-state index contributed by atoms with van der Waals surface area (Å²) in [6.07, 6.45) is 0.597. The fourth-order valence-corrected chi connectivity index (χ4v) is 2.22. The lowest BCUT2D eigenvalue weighted by Crippen LogP contribution is -2.07. The van der Waals surface area contributed by atoms with Crippen LogP contribution >= 0.6 is 0 Å². The molecule has 0 saturated heterocycles. The highest BCUT2D eigenvalue weighted by Gasteiger charge is 2.25. The van der Waals surface area contributed by atoms with Crippen molar-refractivity contribution in [2.45, 2.75) is 39.4 Å². The molecule has 0 aromatic heterocycles. The maximum atomic E-state index is 10.2. The summed E-state index contributed by atoms with van der Waals surface area (Å²) in [7, 11) is 1.64. The van der Waals surface area contributed by atoms with Crippen molar-refractivity contribution in [1.82, 2.24) is 0 Å². The summed E-state index contributed by atoms with van der Waals surface area (Å²) in [5.74, 6) is 1.79. The van der Waals surface area contributed by atoms with E-state index in [0.717, 1.165) is 29.0 Å². The van der Waals surface area contributed by atoms with Gasteiger partial charge in [-0.2, -0.15) is 0 Å². The molecule has 1 aromatic rings. The standard InChI is InChI=1S/C14H20O3/c1-8(2)14(15)11-7-12-10(5-9(3)17-12)6-13(11)16-4/h6-9,14-15H,5H2,1-4H3. The fraction of sp³-hybridized carbons (Fsp3) is 0.571. The molecule has 0 amide bonds. The molecule has 0 radical (unpaired) electrons. The van der Waals surface area contributed by atoms with Gasteiger partial charge in [0, 0.05) is 17.5 Å². The number of benzene rings is 1. The number of hydrogen-bond acceptors (Lipinski definition) is 3. The van der Waals surface area contributed by atoms with E-state index >= 15 is 0 Å². The van der Waals surface area contributed by atoms with Gasteiger partial charge in [-0.05, 0) is 25.0 Å². The molecule has 1 aliphatic rings. The molecule has 2 unspecified atom stereocenters. The second kappa shape index (κ2) is 4.57. The molecule has 3 nitrogen and oxygen atoms in total. The first-order valence-electron chi connectivity index (χ1n) is 6.08. The second-order valence-electron chi connectivity index (χ2n) is 5.02. The summed E-state index contributed by atoms with van der Waals surface area (Å²) in [6.45, 7) is 6.02. The van der Waals surface area contributed by atoms with Gasteiger partial charge in [0.2, 0.25) is 0 Å². The largest absolute Gasteiger partial charge is 0.496 e. The van der Waals surface area contributed by atoms with Gasteiger partial charge in [0.1, 0.15) is 17.6 Å². The number of aliphatic hydroxyl groups excluding tert-OH is 1. The first-order valence-corrected chi connectivity index (χ1v) is 6.08. The lowest BCUT2D eigenvalue weighted by atomic mass is 9.96. The molecule has 0 fully saturated rings. The summed E-state index contributed by atoms with van der Waals surface area (Å²) >= 11 is 0. The summed E-state index contributed by atoms with van der Waals surface area (Å²) in [6, 6.07) is 3.90. The average Bonchev–Trinajstić information content (AvgIpc) is 2.65. The second-order valence-corrected chi connectivity index (χ2v) is 5.02. The van der Waals surface area contributed by atoms with Crippen LogP contribution in [-0.4, -0.2) is 18.3 Å². The van der Waals surface area contributed by atoms with Gasteiger partial charge in [-0.25, -0.2) is 0 Å². The van der Waals surface area contributed by atoms with Crippen molar-refractivity contribution in [2.24, 2.45) is 5.92 Å². The van der Waals surface area contributed by atoms with Crippen LogP contribution in [0.5, 0.6) is 11.5 Å². The summed E-state index contributed by atoms with van der Waals surface area (Å²) in [5, 5.41) is 10.2. The van der Waals surface area contributed by atoms with E-state index in [2.05, 4.69) is 0 Å². The van der Waals surface area contributed by atoms with E-state index in [1.54, 1.807) is 7.11 Å². The first kappa shape index (κ1) is 12.2. The van der Waals surface area contributed by atoms with Crippen molar-refractivity contribution in [3.8, 4) is 11.5 Å². The Labute approximate surface area is 102 Å². The third-order valence-electron chi connectivity index (χ3n) is 3.20. The normalized spacial score (nSPS) is 20.0. The van der Waals surface area contributed by atoms with Crippen molar-refractivity contribution < 1.29 is 14.6 Å². The fourth-order valence-electron chi connectivity index (χ4n) is 2.22. The third kappa shape index (κ3) is 2.25. The lowest BCUT2D eigenvalue weighted by Gasteiger charge is -2.19. The van der Waals surface area contributed by atoms with E-state index in [0.29, 0.717) is 0 Å². The van der Waals surface area contributed by atoms with E-state index in [1.165, 1.54) is 0 Å². The summed E-state index contributed by atoms with van der Waals surface area (Å²) in [5.41, 5.74) is 1.98. The smallest absolute Gasteiger partial charge is 0.125 e. The number of ether oxygens (including phenoxy) is 2. The Morgan fingerprint density at radius 3 is 2.71 bits per heavy atom.